The van der Waals surface area contributed by atoms with Crippen LogP contribution >= 0.6 is 0 Å². The van der Waals surface area contributed by atoms with Crippen molar-refractivity contribution in [3.05, 3.63) is 59.0 Å². The molecule has 0 saturated heterocycles. The highest BCUT2D eigenvalue weighted by atomic mass is 16.3. The Bertz CT molecular complexity index is 549. The summed E-state index contributed by atoms with van der Waals surface area (Å²) in [5.41, 5.74) is 3.26. The van der Waals surface area contributed by atoms with Gasteiger partial charge in [-0.3, -0.25) is 0 Å². The van der Waals surface area contributed by atoms with E-state index in [0.717, 1.165) is 29.7 Å². The van der Waals surface area contributed by atoms with Gasteiger partial charge in [-0.05, 0) is 29.0 Å². The van der Waals surface area contributed by atoms with E-state index in [9.17, 15) is 5.11 Å². The van der Waals surface area contributed by atoms with Crippen molar-refractivity contribution in [3.63, 3.8) is 0 Å². The van der Waals surface area contributed by atoms with Gasteiger partial charge in [-0.1, -0.05) is 52.0 Å². The summed E-state index contributed by atoms with van der Waals surface area (Å²) in [5, 5.41) is 10.5. The number of benzene rings is 1. The number of aliphatic hydroxyl groups is 1. The molecule has 0 aliphatic rings. The molecule has 1 atom stereocenters. The Kier molecular flexibility index (Phi) is 4.34. The molecule has 2 nitrogen and oxygen atoms in total. The zero-order valence-electron chi connectivity index (χ0n) is 12.8. The summed E-state index contributed by atoms with van der Waals surface area (Å²) in [6, 6.07) is 10.1. The molecule has 0 bridgehead atoms. The van der Waals surface area contributed by atoms with E-state index in [1.54, 1.807) is 6.26 Å². The predicted molar refractivity (Wildman–Crippen MR) is 81.9 cm³/mol. The molecule has 2 aromatic rings. The molecular weight excluding hydrogens is 248 g/mol. The van der Waals surface area contributed by atoms with Crippen molar-refractivity contribution in [1.82, 2.24) is 0 Å². The first-order valence-electron chi connectivity index (χ1n) is 7.34. The summed E-state index contributed by atoms with van der Waals surface area (Å²) < 4.78 is 5.39. The van der Waals surface area contributed by atoms with Crippen molar-refractivity contribution in [3.8, 4) is 0 Å². The third-order valence-electron chi connectivity index (χ3n) is 4.29. The number of hydrogen-bond acceptors (Lipinski definition) is 2. The Morgan fingerprint density at radius 2 is 1.75 bits per heavy atom. The zero-order valence-corrected chi connectivity index (χ0v) is 12.8. The quantitative estimate of drug-likeness (QED) is 0.862. The third kappa shape index (κ3) is 2.80. The Hall–Kier alpha value is -1.54. The van der Waals surface area contributed by atoms with Crippen LogP contribution in [-0.2, 0) is 11.8 Å². The van der Waals surface area contributed by atoms with E-state index in [1.165, 1.54) is 5.56 Å². The van der Waals surface area contributed by atoms with Gasteiger partial charge in [0.15, 0.2) is 0 Å². The zero-order chi connectivity index (χ0) is 14.8. The highest BCUT2D eigenvalue weighted by molar-refractivity contribution is 5.35. The maximum atomic E-state index is 10.5. The normalized spacial score (nSPS) is 13.4. The first-order valence-corrected chi connectivity index (χ1v) is 7.34. The minimum atomic E-state index is -0.609. The van der Waals surface area contributed by atoms with Gasteiger partial charge in [0.2, 0.25) is 0 Å². The summed E-state index contributed by atoms with van der Waals surface area (Å²) in [6.45, 7) is 8.71. The Balaban J connectivity index is 2.26. The second-order valence-electron chi connectivity index (χ2n) is 5.91. The van der Waals surface area contributed by atoms with Gasteiger partial charge in [0, 0.05) is 12.0 Å². The average Bonchev–Trinajstić information content (AvgIpc) is 2.95. The van der Waals surface area contributed by atoms with Crippen LogP contribution < -0.4 is 0 Å². The van der Waals surface area contributed by atoms with Gasteiger partial charge in [0.25, 0.3) is 0 Å². The second-order valence-corrected chi connectivity index (χ2v) is 5.91. The highest BCUT2D eigenvalue weighted by Crippen LogP contribution is 2.30. The molecule has 1 aromatic carbocycles. The Morgan fingerprint density at radius 1 is 1.10 bits per heavy atom. The van der Waals surface area contributed by atoms with Gasteiger partial charge in [-0.2, -0.15) is 0 Å². The van der Waals surface area contributed by atoms with Crippen LogP contribution in [0.3, 0.4) is 0 Å². The summed E-state index contributed by atoms with van der Waals surface area (Å²) >= 11 is 0. The molecule has 1 unspecified atom stereocenters. The monoisotopic (exact) mass is 272 g/mol. The van der Waals surface area contributed by atoms with Crippen LogP contribution in [-0.4, -0.2) is 5.11 Å². The molecular formula is C18H24O2. The lowest BCUT2D eigenvalue weighted by molar-refractivity contribution is 0.217. The van der Waals surface area contributed by atoms with Crippen LogP contribution in [0.5, 0.6) is 0 Å². The Labute approximate surface area is 121 Å². The van der Waals surface area contributed by atoms with Crippen molar-refractivity contribution < 1.29 is 9.52 Å². The van der Waals surface area contributed by atoms with E-state index in [1.807, 2.05) is 25.1 Å². The van der Waals surface area contributed by atoms with Gasteiger partial charge < -0.3 is 9.52 Å². The smallest absolute Gasteiger partial charge is 0.109 e. The summed E-state index contributed by atoms with van der Waals surface area (Å²) in [6.07, 6.45) is 2.92. The minimum absolute atomic E-state index is 0.174. The SMILES string of the molecule is CCc1occc1C(O)c1ccc(C(C)(C)CC)cc1. The van der Waals surface area contributed by atoms with E-state index in [0.29, 0.717) is 0 Å². The molecule has 0 amide bonds. The molecule has 108 valence electrons. The van der Waals surface area contributed by atoms with Gasteiger partial charge in [-0.15, -0.1) is 0 Å². The molecule has 2 rings (SSSR count). The van der Waals surface area contributed by atoms with Crippen LogP contribution in [0.15, 0.2) is 41.0 Å². The van der Waals surface area contributed by atoms with E-state index in [-0.39, 0.29) is 5.41 Å². The van der Waals surface area contributed by atoms with Crippen LogP contribution in [0.25, 0.3) is 0 Å². The van der Waals surface area contributed by atoms with Gasteiger partial charge in [-0.25, -0.2) is 0 Å². The van der Waals surface area contributed by atoms with Crippen molar-refractivity contribution in [2.24, 2.45) is 0 Å². The number of furan rings is 1. The number of aryl methyl sites for hydroxylation is 1. The molecule has 0 spiro atoms. The fourth-order valence-corrected chi connectivity index (χ4v) is 2.38. The first-order chi connectivity index (χ1) is 9.49. The largest absolute Gasteiger partial charge is 0.469 e. The van der Waals surface area contributed by atoms with Crippen molar-refractivity contribution in [2.75, 3.05) is 0 Å². The van der Waals surface area contributed by atoms with Gasteiger partial charge in [0.1, 0.15) is 11.9 Å². The summed E-state index contributed by atoms with van der Waals surface area (Å²) in [4.78, 5) is 0. The molecule has 20 heavy (non-hydrogen) atoms. The average molecular weight is 272 g/mol. The minimum Gasteiger partial charge on any atom is -0.469 e. The maximum Gasteiger partial charge on any atom is 0.109 e. The van der Waals surface area contributed by atoms with E-state index >= 15 is 0 Å². The fraction of sp³-hybridized carbons (Fsp3) is 0.444. The van der Waals surface area contributed by atoms with Crippen LogP contribution in [0, 0.1) is 0 Å². The first kappa shape index (κ1) is 14.9. The molecule has 2 heteroatoms. The summed E-state index contributed by atoms with van der Waals surface area (Å²) in [5.74, 6) is 0.857. The topological polar surface area (TPSA) is 33.4 Å². The molecule has 0 saturated carbocycles. The van der Waals surface area contributed by atoms with Gasteiger partial charge >= 0.3 is 0 Å². The lowest BCUT2D eigenvalue weighted by Crippen LogP contribution is -2.15. The molecule has 0 aliphatic carbocycles. The van der Waals surface area contributed by atoms with Crippen molar-refractivity contribution >= 4 is 0 Å². The maximum absolute atomic E-state index is 10.5. The lowest BCUT2D eigenvalue weighted by Gasteiger charge is -2.24. The van der Waals surface area contributed by atoms with Crippen molar-refractivity contribution in [1.29, 1.82) is 0 Å². The third-order valence-corrected chi connectivity index (χ3v) is 4.29. The van der Waals surface area contributed by atoms with Gasteiger partial charge in [0.05, 0.1) is 6.26 Å². The Morgan fingerprint density at radius 3 is 2.30 bits per heavy atom. The van der Waals surface area contributed by atoms with Crippen LogP contribution in [0.1, 0.15) is 62.7 Å². The molecule has 0 aliphatic heterocycles. The fourth-order valence-electron chi connectivity index (χ4n) is 2.38. The van der Waals surface area contributed by atoms with E-state index in [2.05, 4.69) is 32.9 Å². The number of rotatable bonds is 5. The lowest BCUT2D eigenvalue weighted by atomic mass is 9.81. The van der Waals surface area contributed by atoms with Crippen LogP contribution in [0.4, 0.5) is 0 Å². The molecule has 1 N–H and O–H groups in total. The predicted octanol–water partition coefficient (Wildman–Crippen LogP) is 4.61. The molecule has 0 radical (unpaired) electrons. The second kappa shape index (κ2) is 5.84. The molecule has 1 aromatic heterocycles. The highest BCUT2D eigenvalue weighted by Gasteiger charge is 2.20. The molecule has 0 fully saturated rings. The standard InChI is InChI=1S/C18H24O2/c1-5-16-15(11-12-20-16)17(19)13-7-9-14(10-8-13)18(3,4)6-2/h7-12,17,19H,5-6H2,1-4H3. The number of aliphatic hydroxyl groups excluding tert-OH is 1. The number of hydrogen-bond donors (Lipinski definition) is 1. The van der Waals surface area contributed by atoms with E-state index in [4.69, 9.17) is 4.42 Å². The molecule has 1 heterocycles. The van der Waals surface area contributed by atoms with E-state index < -0.39 is 6.10 Å². The van der Waals surface area contributed by atoms with Crippen molar-refractivity contribution in [2.45, 2.75) is 52.1 Å². The summed E-state index contributed by atoms with van der Waals surface area (Å²) in [7, 11) is 0. The van der Waals surface area contributed by atoms with Crippen LogP contribution in [0.2, 0.25) is 0 Å².